The van der Waals surface area contributed by atoms with Crippen molar-refractivity contribution in [2.75, 3.05) is 31.5 Å². The minimum atomic E-state index is -0.499. The zero-order chi connectivity index (χ0) is 28.4. The average Bonchev–Trinajstić information content (AvgIpc) is 3.30. The van der Waals surface area contributed by atoms with Gasteiger partial charge < -0.3 is 19.7 Å². The Hall–Kier alpha value is -4.99. The van der Waals surface area contributed by atoms with Gasteiger partial charge in [0, 0.05) is 55.4 Å². The molecule has 40 heavy (non-hydrogen) atoms. The van der Waals surface area contributed by atoms with E-state index in [1.807, 2.05) is 48.7 Å². The minimum Gasteiger partial charge on any atom is -0.335 e. The van der Waals surface area contributed by atoms with Crippen LogP contribution in [-0.4, -0.2) is 57.4 Å². The zero-order valence-electron chi connectivity index (χ0n) is 22.1. The summed E-state index contributed by atoms with van der Waals surface area (Å²) < 4.78 is 15.7. The summed E-state index contributed by atoms with van der Waals surface area (Å²) in [5.41, 5.74) is 5.30. The van der Waals surface area contributed by atoms with Crippen molar-refractivity contribution in [1.82, 2.24) is 14.4 Å². The molecule has 1 N–H and O–H groups in total. The van der Waals surface area contributed by atoms with Crippen LogP contribution in [0.1, 0.15) is 21.6 Å². The van der Waals surface area contributed by atoms with Crippen LogP contribution in [0.2, 0.25) is 0 Å². The highest BCUT2D eigenvalue weighted by molar-refractivity contribution is 5.97. The minimum absolute atomic E-state index is 0.0563. The number of carbonyl (C=O) groups excluding carboxylic acids is 2. The van der Waals surface area contributed by atoms with Gasteiger partial charge in [0.2, 0.25) is 0 Å². The highest BCUT2D eigenvalue weighted by Gasteiger charge is 2.28. The molecule has 1 aliphatic heterocycles. The van der Waals surface area contributed by atoms with E-state index in [1.54, 1.807) is 21.9 Å². The third kappa shape index (κ3) is 5.42. The van der Waals surface area contributed by atoms with Crippen molar-refractivity contribution >= 4 is 23.3 Å². The van der Waals surface area contributed by atoms with Crippen LogP contribution in [0.15, 0.2) is 78.9 Å². The van der Waals surface area contributed by atoms with E-state index in [1.165, 1.54) is 36.4 Å². The maximum atomic E-state index is 13.7. The lowest BCUT2D eigenvalue weighted by atomic mass is 10.1. The molecular weight excluding hydrogens is 513 g/mol. The molecule has 0 aliphatic carbocycles. The number of hydrogen-bond acceptors (Lipinski definition) is 4. The molecule has 3 aromatic carbocycles. The Morgan fingerprint density at radius 2 is 1.45 bits per heavy atom. The largest absolute Gasteiger partial charge is 0.335 e. The van der Waals surface area contributed by atoms with Gasteiger partial charge in [-0.15, -0.1) is 0 Å². The maximum absolute atomic E-state index is 13.7. The van der Waals surface area contributed by atoms with Crippen molar-refractivity contribution < 1.29 is 18.9 Å². The number of benzene rings is 3. The van der Waals surface area contributed by atoms with Crippen molar-refractivity contribution in [2.45, 2.75) is 13.8 Å². The van der Waals surface area contributed by atoms with Crippen LogP contribution < -0.4 is 5.32 Å². The van der Waals surface area contributed by atoms with Crippen LogP contribution in [0.5, 0.6) is 0 Å². The van der Waals surface area contributed by atoms with Gasteiger partial charge in [-0.25, -0.2) is 9.18 Å². The normalized spacial score (nSPS) is 13.3. The van der Waals surface area contributed by atoms with Crippen LogP contribution >= 0.6 is 0 Å². The molecule has 10 heteroatoms. The molecule has 0 radical (unpaired) electrons. The second kappa shape index (κ2) is 11.0. The quantitative estimate of drug-likeness (QED) is 0.255. The first-order valence-electron chi connectivity index (χ1n) is 12.9. The molecule has 0 bridgehead atoms. The van der Waals surface area contributed by atoms with Gasteiger partial charge >= 0.3 is 6.03 Å². The molecule has 4 aromatic rings. The zero-order valence-corrected chi connectivity index (χ0v) is 22.1. The Balaban J connectivity index is 1.33. The molecule has 5 rings (SSSR count). The summed E-state index contributed by atoms with van der Waals surface area (Å²) in [6.07, 6.45) is 0. The third-order valence-electron chi connectivity index (χ3n) is 7.09. The molecule has 3 amide bonds. The summed E-state index contributed by atoms with van der Waals surface area (Å²) in [7, 11) is 0. The van der Waals surface area contributed by atoms with Crippen molar-refractivity contribution in [1.29, 1.82) is 0 Å². The summed E-state index contributed by atoms with van der Waals surface area (Å²) >= 11 is 0. The van der Waals surface area contributed by atoms with Gasteiger partial charge in [-0.2, -0.15) is 0 Å². The van der Waals surface area contributed by atoms with Gasteiger partial charge in [-0.1, -0.05) is 17.7 Å². The second-order valence-corrected chi connectivity index (χ2v) is 9.72. The number of hydrogen-bond donors (Lipinski definition) is 1. The second-order valence-electron chi connectivity index (χ2n) is 9.72. The standard InChI is InChI=1S/C30H28FN5O4/c1-20-3-11-25(12-4-20)35-21(2)27(19-28(35)22-5-7-23(31)8-6-22)29(37)33-15-17-34(18-16-33)30(38)32-24-9-13-26(14-10-24)36(39)40/h3-14,19H,15-18H2,1-2H3,(H,32,38). The van der Waals surface area contributed by atoms with E-state index in [0.29, 0.717) is 37.4 Å². The molecule has 0 spiro atoms. The lowest BCUT2D eigenvalue weighted by molar-refractivity contribution is -0.384. The lowest BCUT2D eigenvalue weighted by Gasteiger charge is -2.34. The fraction of sp³-hybridized carbons (Fsp3) is 0.200. The van der Waals surface area contributed by atoms with Crippen molar-refractivity contribution in [3.63, 3.8) is 0 Å². The molecule has 0 saturated carbocycles. The summed E-state index contributed by atoms with van der Waals surface area (Å²) in [5, 5.41) is 13.6. The first kappa shape index (κ1) is 26.6. The van der Waals surface area contributed by atoms with Crippen molar-refractivity contribution in [3.05, 3.63) is 112 Å². The number of anilines is 1. The Morgan fingerprint density at radius 1 is 0.850 bits per heavy atom. The summed E-state index contributed by atoms with van der Waals surface area (Å²) in [4.78, 5) is 40.1. The third-order valence-corrected chi connectivity index (χ3v) is 7.09. The number of halogens is 1. The fourth-order valence-corrected chi connectivity index (χ4v) is 4.83. The van der Waals surface area contributed by atoms with Crippen molar-refractivity contribution in [3.8, 4) is 16.9 Å². The number of aromatic nitrogens is 1. The first-order chi connectivity index (χ1) is 19.2. The smallest absolute Gasteiger partial charge is 0.321 e. The summed E-state index contributed by atoms with van der Waals surface area (Å²) in [5.74, 6) is -0.470. The van der Waals surface area contributed by atoms with E-state index in [-0.39, 0.29) is 23.4 Å². The monoisotopic (exact) mass is 541 g/mol. The van der Waals surface area contributed by atoms with Gasteiger partial charge in [0.25, 0.3) is 11.6 Å². The SMILES string of the molecule is Cc1ccc(-n2c(-c3ccc(F)cc3)cc(C(=O)N3CCN(C(=O)Nc4ccc([N+](=O)[O-])cc4)CC3)c2C)cc1. The number of nitrogens with one attached hydrogen (secondary N) is 1. The van der Waals surface area contributed by atoms with Gasteiger partial charge in [-0.3, -0.25) is 14.9 Å². The number of urea groups is 1. The molecule has 1 aliphatic rings. The van der Waals surface area contributed by atoms with Gasteiger partial charge in [0.15, 0.2) is 0 Å². The van der Waals surface area contributed by atoms with Gasteiger partial charge in [0.05, 0.1) is 16.2 Å². The highest BCUT2D eigenvalue weighted by Crippen LogP contribution is 2.31. The van der Waals surface area contributed by atoms with E-state index in [4.69, 9.17) is 0 Å². The average molecular weight is 542 g/mol. The number of rotatable bonds is 5. The fourth-order valence-electron chi connectivity index (χ4n) is 4.83. The van der Waals surface area contributed by atoms with Crippen LogP contribution in [0.3, 0.4) is 0 Å². The van der Waals surface area contributed by atoms with E-state index < -0.39 is 4.92 Å². The molecule has 204 valence electrons. The van der Waals surface area contributed by atoms with Crippen LogP contribution in [0, 0.1) is 29.8 Å². The van der Waals surface area contributed by atoms with Gasteiger partial charge in [-0.05, 0) is 74.0 Å². The van der Waals surface area contributed by atoms with E-state index in [2.05, 4.69) is 5.32 Å². The van der Waals surface area contributed by atoms with Crippen LogP contribution in [0.25, 0.3) is 16.9 Å². The number of amides is 3. The molecular formula is C30H28FN5O4. The van der Waals surface area contributed by atoms with E-state index in [0.717, 1.165) is 28.2 Å². The molecule has 2 heterocycles. The Kier molecular flexibility index (Phi) is 7.33. The van der Waals surface area contributed by atoms with Crippen molar-refractivity contribution in [2.24, 2.45) is 0 Å². The van der Waals surface area contributed by atoms with Gasteiger partial charge in [0.1, 0.15) is 5.82 Å². The predicted molar refractivity (Wildman–Crippen MR) is 150 cm³/mol. The predicted octanol–water partition coefficient (Wildman–Crippen LogP) is 5.80. The molecule has 0 atom stereocenters. The molecule has 0 unspecified atom stereocenters. The number of piperazine rings is 1. The number of nitro benzene ring substituents is 1. The number of aryl methyl sites for hydroxylation is 1. The Bertz CT molecular complexity index is 1560. The van der Waals surface area contributed by atoms with Crippen LogP contribution in [0.4, 0.5) is 20.6 Å². The summed E-state index contributed by atoms with van der Waals surface area (Å²) in [6, 6.07) is 21.3. The van der Waals surface area contributed by atoms with E-state index in [9.17, 15) is 24.1 Å². The number of nitro groups is 1. The first-order valence-corrected chi connectivity index (χ1v) is 12.9. The van der Waals surface area contributed by atoms with Crippen LogP contribution in [-0.2, 0) is 0 Å². The highest BCUT2D eigenvalue weighted by atomic mass is 19.1. The summed E-state index contributed by atoms with van der Waals surface area (Å²) in [6.45, 7) is 5.29. The molecule has 1 aromatic heterocycles. The molecule has 1 saturated heterocycles. The molecule has 9 nitrogen and oxygen atoms in total. The Morgan fingerprint density at radius 3 is 2.05 bits per heavy atom. The maximum Gasteiger partial charge on any atom is 0.321 e. The van der Waals surface area contributed by atoms with E-state index >= 15 is 0 Å². The number of carbonyl (C=O) groups is 2. The molecule has 1 fully saturated rings. The topological polar surface area (TPSA) is 101 Å². The Labute approximate surface area is 230 Å². The number of non-ortho nitro benzene ring substituents is 1. The number of nitrogens with zero attached hydrogens (tertiary/aromatic N) is 4. The lowest BCUT2D eigenvalue weighted by Crippen LogP contribution is -2.51.